The molecule has 0 saturated heterocycles. The van der Waals surface area contributed by atoms with Gasteiger partial charge in [0, 0.05) is 30.6 Å². The molecule has 5 rings (SSSR count). The fourth-order valence-corrected chi connectivity index (χ4v) is 4.74. The van der Waals surface area contributed by atoms with Crippen LogP contribution in [0.2, 0.25) is 0 Å². The van der Waals surface area contributed by atoms with E-state index in [1.165, 1.54) is 21.9 Å². The van der Waals surface area contributed by atoms with Crippen LogP contribution in [-0.4, -0.2) is 27.2 Å². The van der Waals surface area contributed by atoms with E-state index in [0.717, 1.165) is 40.7 Å². The second kappa shape index (κ2) is 7.06. The van der Waals surface area contributed by atoms with Crippen LogP contribution < -0.4 is 14.5 Å². The Hall–Kier alpha value is -3.53. The summed E-state index contributed by atoms with van der Waals surface area (Å²) in [6.45, 7) is 0. The molecule has 0 bridgehead atoms. The number of benzene rings is 4. The lowest BCUT2D eigenvalue weighted by atomic mass is 10.0. The molecule has 0 unspecified atom stereocenters. The van der Waals surface area contributed by atoms with Crippen LogP contribution in [0.1, 0.15) is 11.1 Å². The van der Waals surface area contributed by atoms with Gasteiger partial charge in [0.15, 0.2) is 0 Å². The summed E-state index contributed by atoms with van der Waals surface area (Å²) >= 11 is 0. The van der Waals surface area contributed by atoms with E-state index in [1.807, 2.05) is 48.2 Å². The molecule has 4 aromatic carbocycles. The van der Waals surface area contributed by atoms with Crippen LogP contribution in [0, 0.1) is 5.41 Å². The van der Waals surface area contributed by atoms with Gasteiger partial charge in [0.1, 0.15) is 5.75 Å². The zero-order valence-corrected chi connectivity index (χ0v) is 17.6. The van der Waals surface area contributed by atoms with Crippen molar-refractivity contribution in [3.63, 3.8) is 0 Å². The number of anilines is 2. The highest BCUT2D eigenvalue weighted by atomic mass is 16.5. The van der Waals surface area contributed by atoms with Crippen molar-refractivity contribution >= 4 is 38.9 Å². The third-order valence-corrected chi connectivity index (χ3v) is 6.30. The Kier molecular flexibility index (Phi) is 4.35. The van der Waals surface area contributed by atoms with Crippen molar-refractivity contribution in [1.29, 1.82) is 5.41 Å². The van der Waals surface area contributed by atoms with Crippen molar-refractivity contribution in [3.05, 3.63) is 77.9 Å². The normalized spacial score (nSPS) is 12.4. The Labute approximate surface area is 176 Å². The number of ether oxygens (including phenoxy) is 1. The number of aryl methyl sites for hydroxylation is 2. The zero-order valence-electron chi connectivity index (χ0n) is 17.6. The summed E-state index contributed by atoms with van der Waals surface area (Å²) in [6, 6.07) is 23.1. The summed E-state index contributed by atoms with van der Waals surface area (Å²) in [6.07, 6.45) is 2.10. The molecule has 0 aromatic heterocycles. The zero-order chi connectivity index (χ0) is 20.8. The summed E-state index contributed by atoms with van der Waals surface area (Å²) in [5, 5.41) is 13.7. The predicted molar refractivity (Wildman–Crippen MR) is 126 cm³/mol. The van der Waals surface area contributed by atoms with Crippen molar-refractivity contribution < 1.29 is 4.74 Å². The van der Waals surface area contributed by atoms with Crippen molar-refractivity contribution in [3.8, 4) is 5.75 Å². The van der Waals surface area contributed by atoms with Gasteiger partial charge < -0.3 is 14.5 Å². The van der Waals surface area contributed by atoms with Gasteiger partial charge in [-0.15, -0.1) is 0 Å². The molecule has 0 fully saturated rings. The summed E-state index contributed by atoms with van der Waals surface area (Å²) in [5.74, 6) is 1.28. The Morgan fingerprint density at radius 1 is 0.800 bits per heavy atom. The molecule has 1 aliphatic rings. The first-order valence-corrected chi connectivity index (χ1v) is 10.3. The van der Waals surface area contributed by atoms with Gasteiger partial charge in [0.05, 0.1) is 12.8 Å². The van der Waals surface area contributed by atoms with Crippen molar-refractivity contribution in [2.75, 3.05) is 31.0 Å². The number of methoxy groups -OCH3 is 1. The van der Waals surface area contributed by atoms with Crippen LogP contribution in [0.3, 0.4) is 0 Å². The fourth-order valence-electron chi connectivity index (χ4n) is 4.74. The number of rotatable bonds is 3. The third-order valence-electron chi connectivity index (χ3n) is 6.30. The number of nitrogens with one attached hydrogen (secondary N) is 1. The van der Waals surface area contributed by atoms with Gasteiger partial charge in [-0.1, -0.05) is 48.5 Å². The van der Waals surface area contributed by atoms with E-state index in [-0.39, 0.29) is 0 Å². The van der Waals surface area contributed by atoms with Crippen molar-refractivity contribution in [2.24, 2.45) is 0 Å². The lowest BCUT2D eigenvalue weighted by molar-refractivity contribution is 0.420. The third kappa shape index (κ3) is 2.71. The first-order chi connectivity index (χ1) is 14.6. The number of guanidine groups is 1. The van der Waals surface area contributed by atoms with Gasteiger partial charge in [-0.2, -0.15) is 0 Å². The Bertz CT molecular complexity index is 1290. The van der Waals surface area contributed by atoms with Gasteiger partial charge >= 0.3 is 0 Å². The van der Waals surface area contributed by atoms with E-state index < -0.39 is 0 Å². The minimum Gasteiger partial charge on any atom is -0.496 e. The SMILES string of the molecule is COc1ccc(N(C)C(=N)N(C)c2ccc3cccc4c3c2CC4)c2ccccc12. The molecule has 0 aliphatic heterocycles. The first kappa shape index (κ1) is 18.5. The monoisotopic (exact) mass is 395 g/mol. The van der Waals surface area contributed by atoms with Crippen molar-refractivity contribution in [2.45, 2.75) is 12.8 Å². The maximum Gasteiger partial charge on any atom is 0.202 e. The van der Waals surface area contributed by atoms with Gasteiger partial charge in [0.25, 0.3) is 0 Å². The molecule has 4 nitrogen and oxygen atoms in total. The molecule has 1 aliphatic carbocycles. The quantitative estimate of drug-likeness (QED) is 0.362. The van der Waals surface area contributed by atoms with Gasteiger partial charge in [-0.3, -0.25) is 5.41 Å². The van der Waals surface area contributed by atoms with Crippen LogP contribution in [0.4, 0.5) is 11.4 Å². The molecule has 4 heteroatoms. The molecule has 30 heavy (non-hydrogen) atoms. The van der Waals surface area contributed by atoms with E-state index in [4.69, 9.17) is 10.1 Å². The van der Waals surface area contributed by atoms with Crippen molar-refractivity contribution in [1.82, 2.24) is 0 Å². The van der Waals surface area contributed by atoms with E-state index in [1.54, 1.807) is 7.11 Å². The molecule has 0 saturated carbocycles. The first-order valence-electron chi connectivity index (χ1n) is 10.3. The van der Waals surface area contributed by atoms with Gasteiger partial charge in [-0.05, 0) is 52.9 Å². The predicted octanol–water partition coefficient (Wildman–Crippen LogP) is 5.61. The average molecular weight is 396 g/mol. The lowest BCUT2D eigenvalue weighted by Gasteiger charge is -2.30. The van der Waals surface area contributed by atoms with Gasteiger partial charge in [0.2, 0.25) is 5.96 Å². The molecule has 150 valence electrons. The highest BCUT2D eigenvalue weighted by Crippen LogP contribution is 2.38. The van der Waals surface area contributed by atoms with E-state index in [0.29, 0.717) is 5.96 Å². The number of hydrogen-bond acceptors (Lipinski definition) is 2. The fraction of sp³-hybridized carbons (Fsp3) is 0.192. The number of nitrogens with zero attached hydrogens (tertiary/aromatic N) is 2. The molecule has 0 atom stereocenters. The van der Waals surface area contributed by atoms with Gasteiger partial charge in [-0.25, -0.2) is 0 Å². The maximum absolute atomic E-state index is 8.97. The molecule has 0 spiro atoms. The van der Waals surface area contributed by atoms with Crippen LogP contribution in [0.15, 0.2) is 66.7 Å². The molecule has 4 aromatic rings. The number of fused-ring (bicyclic) bond motifs is 1. The largest absolute Gasteiger partial charge is 0.496 e. The minimum atomic E-state index is 0.435. The molecule has 0 heterocycles. The van der Waals surface area contributed by atoms with Crippen LogP contribution in [-0.2, 0) is 12.8 Å². The highest BCUT2D eigenvalue weighted by Gasteiger charge is 2.23. The highest BCUT2D eigenvalue weighted by molar-refractivity contribution is 6.11. The van der Waals surface area contributed by atoms with Crippen LogP contribution in [0.25, 0.3) is 21.5 Å². The maximum atomic E-state index is 8.97. The van der Waals surface area contributed by atoms with E-state index in [2.05, 4.69) is 42.5 Å². The molecule has 1 N–H and O–H groups in total. The van der Waals surface area contributed by atoms with E-state index >= 15 is 0 Å². The molecular weight excluding hydrogens is 370 g/mol. The average Bonchev–Trinajstić information content (AvgIpc) is 3.23. The van der Waals surface area contributed by atoms with Crippen LogP contribution >= 0.6 is 0 Å². The molecule has 0 amide bonds. The van der Waals surface area contributed by atoms with Crippen LogP contribution in [0.5, 0.6) is 5.75 Å². The summed E-state index contributed by atoms with van der Waals surface area (Å²) in [7, 11) is 5.64. The molecule has 0 radical (unpaired) electrons. The Morgan fingerprint density at radius 2 is 1.53 bits per heavy atom. The smallest absolute Gasteiger partial charge is 0.202 e. The summed E-state index contributed by atoms with van der Waals surface area (Å²) in [5.41, 5.74) is 4.87. The standard InChI is InChI=1S/C26H25N3O/c1-28(22-15-16-24(30-3)20-10-5-4-9-19(20)22)26(27)29(2)23-14-12-18-8-6-7-17-11-13-21(23)25(17)18/h4-10,12,14-16,27H,11,13H2,1-3H3. The summed E-state index contributed by atoms with van der Waals surface area (Å²) in [4.78, 5) is 3.94. The second-order valence-electron chi connectivity index (χ2n) is 7.85. The Morgan fingerprint density at radius 3 is 2.33 bits per heavy atom. The van der Waals surface area contributed by atoms with E-state index in [9.17, 15) is 0 Å². The minimum absolute atomic E-state index is 0.435. The topological polar surface area (TPSA) is 39.6 Å². The lowest BCUT2D eigenvalue weighted by Crippen LogP contribution is -2.40. The Balaban J connectivity index is 1.55. The molecular formula is C26H25N3O. The number of hydrogen-bond donors (Lipinski definition) is 1. The summed E-state index contributed by atoms with van der Waals surface area (Å²) < 4.78 is 5.53. The second-order valence-corrected chi connectivity index (χ2v) is 7.85.